The van der Waals surface area contributed by atoms with Gasteiger partial charge in [0.05, 0.1) is 6.61 Å². The molecule has 0 heterocycles. The molecule has 4 nitrogen and oxygen atoms in total. The van der Waals surface area contributed by atoms with Crippen molar-refractivity contribution in [1.82, 2.24) is 0 Å². The van der Waals surface area contributed by atoms with Crippen LogP contribution < -0.4 is 9.47 Å². The quantitative estimate of drug-likeness (QED) is 0.238. The molecule has 0 saturated carbocycles. The molecule has 0 aromatic heterocycles. The highest BCUT2D eigenvalue weighted by atomic mass is 32.1. The zero-order valence-electron chi connectivity index (χ0n) is 17.5. The first-order valence-corrected chi connectivity index (χ1v) is 10.5. The topological polar surface area (TPSA) is 44.8 Å². The Labute approximate surface area is 179 Å². The predicted octanol–water partition coefficient (Wildman–Crippen LogP) is 4.29. The molecule has 0 N–H and O–H groups in total. The first-order chi connectivity index (χ1) is 13.8. The molecule has 0 amide bonds. The Morgan fingerprint density at radius 3 is 1.83 bits per heavy atom. The van der Waals surface area contributed by atoms with Gasteiger partial charge in [-0.1, -0.05) is 44.7 Å². The molecular weight excluding hydrogens is 384 g/mol. The average molecular weight is 416 g/mol. The molecule has 0 aliphatic heterocycles. The van der Waals surface area contributed by atoms with E-state index in [4.69, 9.17) is 14.2 Å². The molecule has 0 unspecified atom stereocenters. The van der Waals surface area contributed by atoms with Crippen LogP contribution in [0, 0.1) is 0 Å². The van der Waals surface area contributed by atoms with Crippen LogP contribution in [0.5, 0.6) is 11.5 Å². The van der Waals surface area contributed by atoms with Crippen molar-refractivity contribution >= 4 is 18.6 Å². The van der Waals surface area contributed by atoms with E-state index in [0.29, 0.717) is 18.8 Å². The van der Waals surface area contributed by atoms with Crippen molar-refractivity contribution in [3.63, 3.8) is 0 Å². The van der Waals surface area contributed by atoms with Crippen LogP contribution in [0.3, 0.4) is 0 Å². The number of rotatable bonds is 11. The molecule has 0 fully saturated rings. The van der Waals surface area contributed by atoms with Crippen LogP contribution in [0.25, 0.3) is 0 Å². The fourth-order valence-corrected chi connectivity index (χ4v) is 2.93. The summed E-state index contributed by atoms with van der Waals surface area (Å²) < 4.78 is 16.4. The van der Waals surface area contributed by atoms with E-state index in [1.165, 1.54) is 11.1 Å². The van der Waals surface area contributed by atoms with Crippen molar-refractivity contribution in [2.24, 2.45) is 0 Å². The second kappa shape index (κ2) is 11.0. The molecule has 5 heteroatoms. The predicted molar refractivity (Wildman–Crippen MR) is 121 cm³/mol. The molecule has 0 spiro atoms. The van der Waals surface area contributed by atoms with E-state index in [1.807, 2.05) is 24.3 Å². The minimum Gasteiger partial charge on any atom is -0.493 e. The lowest BCUT2D eigenvalue weighted by atomic mass is 9.78. The molecule has 2 aromatic rings. The van der Waals surface area contributed by atoms with Gasteiger partial charge in [0, 0.05) is 17.4 Å². The number of hydrogen-bond donors (Lipinski definition) is 0. The minimum absolute atomic E-state index is 0.149. The van der Waals surface area contributed by atoms with Crippen LogP contribution in [0.15, 0.2) is 60.7 Å². The Hall–Kier alpha value is -2.40. The first-order valence-electron chi connectivity index (χ1n) is 9.78. The smallest absolute Gasteiger partial charge is 0.333 e. The third kappa shape index (κ3) is 6.86. The van der Waals surface area contributed by atoms with E-state index in [9.17, 15) is 4.79 Å². The fourth-order valence-electron chi connectivity index (χ4n) is 2.78. The monoisotopic (exact) mass is 415 g/mol. The van der Waals surface area contributed by atoms with Gasteiger partial charge in [-0.2, -0.15) is 0 Å². The number of carbonyl (C=O) groups is 1. The van der Waals surface area contributed by atoms with Gasteiger partial charge in [0.2, 0.25) is 0 Å². The zero-order valence-corrected chi connectivity index (χ0v) is 18.5. The number of carbonyl (C=O) groups excluding carboxylic acids is 1. The number of esters is 1. The van der Waals surface area contributed by atoms with Gasteiger partial charge >= 0.3 is 5.97 Å². The van der Waals surface area contributed by atoms with Gasteiger partial charge in [0.15, 0.2) is 0 Å². The third-order valence-electron chi connectivity index (χ3n) is 4.68. The van der Waals surface area contributed by atoms with Crippen LogP contribution in [-0.4, -0.2) is 31.5 Å². The highest BCUT2D eigenvalue weighted by Gasteiger charge is 2.23. The van der Waals surface area contributed by atoms with Crippen molar-refractivity contribution in [2.75, 3.05) is 25.6 Å². The molecule has 0 bridgehead atoms. The van der Waals surface area contributed by atoms with Crippen LogP contribution in [0.1, 0.15) is 38.3 Å². The summed E-state index contributed by atoms with van der Waals surface area (Å²) in [5.74, 6) is 2.17. The molecule has 0 atom stereocenters. The van der Waals surface area contributed by atoms with E-state index in [-0.39, 0.29) is 12.0 Å². The standard InChI is InChI=1S/C24H30O4S/c1-18(2)23(25)28-16-15-27-22-12-8-20(9-13-22)24(3,4)19-6-10-21(11-7-19)26-14-5-17-29/h6-13,29H,1,5,14-17H2,2-4H3/p+1. The molecule has 2 aromatic carbocycles. The van der Waals surface area contributed by atoms with Crippen molar-refractivity contribution in [3.8, 4) is 11.5 Å². The number of benzene rings is 2. The minimum atomic E-state index is -0.398. The van der Waals surface area contributed by atoms with Gasteiger partial charge < -0.3 is 14.2 Å². The van der Waals surface area contributed by atoms with E-state index >= 15 is 0 Å². The van der Waals surface area contributed by atoms with Crippen molar-refractivity contribution in [2.45, 2.75) is 32.6 Å². The van der Waals surface area contributed by atoms with Crippen LogP contribution in [0.4, 0.5) is 0 Å². The lowest BCUT2D eigenvalue weighted by molar-refractivity contribution is -0.139. The maximum atomic E-state index is 11.3. The summed E-state index contributed by atoms with van der Waals surface area (Å²) in [6.07, 6.45) is 0.981. The highest BCUT2D eigenvalue weighted by molar-refractivity contribution is 7.58. The Morgan fingerprint density at radius 1 is 0.897 bits per heavy atom. The Bertz CT molecular complexity index is 795. The van der Waals surface area contributed by atoms with E-state index in [2.05, 4.69) is 57.3 Å². The maximum absolute atomic E-state index is 11.3. The zero-order chi connectivity index (χ0) is 21.3. The molecule has 2 rings (SSSR count). The Balaban J connectivity index is 1.93. The molecule has 156 valence electrons. The lowest BCUT2D eigenvalue weighted by Crippen LogP contribution is -2.18. The van der Waals surface area contributed by atoms with Gasteiger partial charge in [-0.15, -0.1) is 0 Å². The fraction of sp³-hybridized carbons (Fsp3) is 0.375. The van der Waals surface area contributed by atoms with Gasteiger partial charge in [-0.05, 0) is 54.9 Å². The van der Waals surface area contributed by atoms with Crippen LogP contribution in [0.2, 0.25) is 0 Å². The summed E-state index contributed by atoms with van der Waals surface area (Å²) in [6, 6.07) is 16.3. The average Bonchev–Trinajstić information content (AvgIpc) is 2.72. The number of ether oxygens (including phenoxy) is 3. The van der Waals surface area contributed by atoms with E-state index in [1.54, 1.807) is 6.92 Å². The van der Waals surface area contributed by atoms with E-state index in [0.717, 1.165) is 23.7 Å². The van der Waals surface area contributed by atoms with Gasteiger partial charge in [-0.25, -0.2) is 4.79 Å². The van der Waals surface area contributed by atoms with Crippen molar-refractivity contribution in [1.29, 1.82) is 0 Å². The second-order valence-electron chi connectivity index (χ2n) is 7.39. The largest absolute Gasteiger partial charge is 0.493 e. The molecule has 29 heavy (non-hydrogen) atoms. The second-order valence-corrected chi connectivity index (χ2v) is 7.89. The van der Waals surface area contributed by atoms with Gasteiger partial charge in [-0.3, -0.25) is 0 Å². The third-order valence-corrected chi connectivity index (χ3v) is 5.03. The van der Waals surface area contributed by atoms with Gasteiger partial charge in [0.25, 0.3) is 0 Å². The molecular formula is C24H31O4S+. The first kappa shape index (κ1) is 22.9. The normalized spacial score (nSPS) is 11.0. The summed E-state index contributed by atoms with van der Waals surface area (Å²) in [4.78, 5) is 11.3. The maximum Gasteiger partial charge on any atom is 0.333 e. The highest BCUT2D eigenvalue weighted by Crippen LogP contribution is 2.33. The Kier molecular flexibility index (Phi) is 8.65. The van der Waals surface area contributed by atoms with Gasteiger partial charge in [0.1, 0.15) is 30.5 Å². The van der Waals surface area contributed by atoms with Crippen LogP contribution in [-0.2, 0) is 27.6 Å². The van der Waals surface area contributed by atoms with E-state index < -0.39 is 5.97 Å². The van der Waals surface area contributed by atoms with Crippen molar-refractivity contribution in [3.05, 3.63) is 71.8 Å². The summed E-state index contributed by atoms with van der Waals surface area (Å²) in [5.41, 5.74) is 2.63. The Morgan fingerprint density at radius 2 is 1.38 bits per heavy atom. The van der Waals surface area contributed by atoms with Crippen LogP contribution >= 0.6 is 0 Å². The molecule has 0 aliphatic rings. The number of hydrogen-bond acceptors (Lipinski definition) is 4. The molecule has 0 saturated heterocycles. The lowest BCUT2D eigenvalue weighted by Gasteiger charge is -2.26. The molecule has 0 radical (unpaired) electrons. The molecule has 0 aliphatic carbocycles. The SMILES string of the molecule is C=C(C)C(=O)OCCOc1ccc(C(C)(C)c2ccc(OCCC[SH2+])cc2)cc1. The summed E-state index contributed by atoms with van der Waals surface area (Å²) in [7, 11) is 0. The van der Waals surface area contributed by atoms with Crippen molar-refractivity contribution < 1.29 is 19.0 Å². The summed E-state index contributed by atoms with van der Waals surface area (Å²) in [5, 5.41) is 0. The summed E-state index contributed by atoms with van der Waals surface area (Å²) >= 11 is 3.45. The summed E-state index contributed by atoms with van der Waals surface area (Å²) in [6.45, 7) is 10.8.